The molecule has 6 heteroatoms. The van der Waals surface area contributed by atoms with Crippen LogP contribution < -0.4 is 10.5 Å². The van der Waals surface area contributed by atoms with Crippen molar-refractivity contribution in [2.75, 3.05) is 6.54 Å². The molecule has 0 amide bonds. The summed E-state index contributed by atoms with van der Waals surface area (Å²) in [6.45, 7) is 3.62. The predicted octanol–water partition coefficient (Wildman–Crippen LogP) is 0.214. The number of rotatable bonds is 4. The molecule has 3 N–H and O–H groups in total. The van der Waals surface area contributed by atoms with Crippen LogP contribution in [0.15, 0.2) is 21.6 Å². The van der Waals surface area contributed by atoms with Crippen molar-refractivity contribution in [3.63, 3.8) is 0 Å². The van der Waals surface area contributed by atoms with Crippen LogP contribution in [-0.4, -0.2) is 21.0 Å². The van der Waals surface area contributed by atoms with Gasteiger partial charge in [-0.25, -0.2) is 13.1 Å². The van der Waals surface area contributed by atoms with Gasteiger partial charge in [-0.1, -0.05) is 0 Å². The smallest absolute Gasteiger partial charge is 0.274 e. The van der Waals surface area contributed by atoms with Crippen LogP contribution in [0.4, 0.5) is 0 Å². The number of aryl methyl sites for hydroxylation is 1. The van der Waals surface area contributed by atoms with Crippen molar-refractivity contribution in [2.45, 2.75) is 25.0 Å². The summed E-state index contributed by atoms with van der Waals surface area (Å²) in [7, 11) is -3.55. The number of hydrogen-bond acceptors (Lipinski definition) is 4. The first-order valence-corrected chi connectivity index (χ1v) is 5.73. The van der Waals surface area contributed by atoms with Crippen molar-refractivity contribution in [1.82, 2.24) is 4.72 Å². The Hall–Kier alpha value is -0.850. The average Bonchev–Trinajstić information content (AvgIpc) is 2.51. The van der Waals surface area contributed by atoms with Crippen LogP contribution in [-0.2, 0) is 10.0 Å². The van der Waals surface area contributed by atoms with Crippen molar-refractivity contribution < 1.29 is 12.8 Å². The molecular weight excluding hydrogens is 204 g/mol. The lowest BCUT2D eigenvalue weighted by molar-refractivity contribution is 0.422. The SMILES string of the molecule is Cc1ccc(S(=O)(=O)N[C@H](C)CN)o1. The summed E-state index contributed by atoms with van der Waals surface area (Å²) in [5.41, 5.74) is 5.30. The number of nitrogens with two attached hydrogens (primary N) is 1. The van der Waals surface area contributed by atoms with Gasteiger partial charge in [-0.05, 0) is 26.0 Å². The van der Waals surface area contributed by atoms with E-state index in [1.54, 1.807) is 19.9 Å². The van der Waals surface area contributed by atoms with Gasteiger partial charge in [-0.15, -0.1) is 0 Å². The molecule has 1 aromatic heterocycles. The second kappa shape index (κ2) is 4.12. The molecule has 0 spiro atoms. The third-order valence-electron chi connectivity index (χ3n) is 1.69. The van der Waals surface area contributed by atoms with Crippen molar-refractivity contribution >= 4 is 10.0 Å². The van der Waals surface area contributed by atoms with Gasteiger partial charge in [0, 0.05) is 12.6 Å². The lowest BCUT2D eigenvalue weighted by Gasteiger charge is -2.09. The molecule has 0 radical (unpaired) electrons. The maximum absolute atomic E-state index is 11.6. The second-order valence-electron chi connectivity index (χ2n) is 3.12. The monoisotopic (exact) mass is 218 g/mol. The van der Waals surface area contributed by atoms with Crippen molar-refractivity contribution in [1.29, 1.82) is 0 Å². The third kappa shape index (κ3) is 2.57. The van der Waals surface area contributed by atoms with Gasteiger partial charge >= 0.3 is 0 Å². The Morgan fingerprint density at radius 3 is 2.64 bits per heavy atom. The van der Waals surface area contributed by atoms with E-state index in [-0.39, 0.29) is 17.7 Å². The molecule has 0 bridgehead atoms. The minimum absolute atomic E-state index is 0.0738. The molecular formula is C8H14N2O3S. The van der Waals surface area contributed by atoms with Crippen LogP contribution in [0.25, 0.3) is 0 Å². The molecule has 0 saturated heterocycles. The zero-order valence-electron chi connectivity index (χ0n) is 8.15. The van der Waals surface area contributed by atoms with Crippen molar-refractivity contribution in [3.05, 3.63) is 17.9 Å². The Morgan fingerprint density at radius 1 is 1.57 bits per heavy atom. The van der Waals surface area contributed by atoms with Crippen LogP contribution >= 0.6 is 0 Å². The van der Waals surface area contributed by atoms with E-state index in [9.17, 15) is 8.42 Å². The van der Waals surface area contributed by atoms with E-state index in [4.69, 9.17) is 10.2 Å². The highest BCUT2D eigenvalue weighted by molar-refractivity contribution is 7.89. The van der Waals surface area contributed by atoms with Crippen molar-refractivity contribution in [3.8, 4) is 0 Å². The number of hydrogen-bond donors (Lipinski definition) is 2. The molecule has 14 heavy (non-hydrogen) atoms. The predicted molar refractivity (Wildman–Crippen MR) is 52.3 cm³/mol. The molecule has 0 unspecified atom stereocenters. The largest absolute Gasteiger partial charge is 0.449 e. The first-order valence-electron chi connectivity index (χ1n) is 4.24. The van der Waals surface area contributed by atoms with Crippen LogP contribution in [0.1, 0.15) is 12.7 Å². The first kappa shape index (κ1) is 11.2. The Labute approximate surface area is 83.3 Å². The van der Waals surface area contributed by atoms with Gasteiger partial charge in [-0.2, -0.15) is 0 Å². The summed E-state index contributed by atoms with van der Waals surface area (Å²) < 4.78 is 30.5. The van der Waals surface area contributed by atoms with Crippen LogP contribution in [0.3, 0.4) is 0 Å². The van der Waals surface area contributed by atoms with Gasteiger partial charge in [0.2, 0.25) is 5.09 Å². The van der Waals surface area contributed by atoms with Gasteiger partial charge in [0.1, 0.15) is 5.76 Å². The molecule has 1 heterocycles. The highest BCUT2D eigenvalue weighted by Crippen LogP contribution is 2.12. The molecule has 0 aliphatic carbocycles. The van der Waals surface area contributed by atoms with Crippen LogP contribution in [0.5, 0.6) is 0 Å². The second-order valence-corrected chi connectivity index (χ2v) is 4.77. The lowest BCUT2D eigenvalue weighted by atomic mass is 10.4. The highest BCUT2D eigenvalue weighted by Gasteiger charge is 2.19. The highest BCUT2D eigenvalue weighted by atomic mass is 32.2. The fourth-order valence-corrected chi connectivity index (χ4v) is 2.16. The summed E-state index contributed by atoms with van der Waals surface area (Å²) in [4.78, 5) is 0. The summed E-state index contributed by atoms with van der Waals surface area (Å²) in [5, 5.41) is -0.0738. The van der Waals surface area contributed by atoms with E-state index in [0.717, 1.165) is 0 Å². The molecule has 0 aliphatic rings. The van der Waals surface area contributed by atoms with Gasteiger partial charge < -0.3 is 10.2 Å². The topological polar surface area (TPSA) is 85.3 Å². The van der Waals surface area contributed by atoms with Gasteiger partial charge in [0.15, 0.2) is 0 Å². The molecule has 1 aromatic rings. The third-order valence-corrected chi connectivity index (χ3v) is 3.15. The fraction of sp³-hybridized carbons (Fsp3) is 0.500. The normalized spacial score (nSPS) is 14.2. The summed E-state index contributed by atoms with van der Waals surface area (Å²) >= 11 is 0. The fourth-order valence-electron chi connectivity index (χ4n) is 0.928. The maximum Gasteiger partial charge on any atom is 0.274 e. The van der Waals surface area contributed by atoms with Crippen molar-refractivity contribution in [2.24, 2.45) is 5.73 Å². The first-order chi connectivity index (χ1) is 6.45. The summed E-state index contributed by atoms with van der Waals surface area (Å²) in [5.74, 6) is 0.561. The molecule has 0 aliphatic heterocycles. The minimum Gasteiger partial charge on any atom is -0.449 e. The maximum atomic E-state index is 11.6. The van der Waals surface area contributed by atoms with E-state index < -0.39 is 10.0 Å². The van der Waals surface area contributed by atoms with E-state index in [1.165, 1.54) is 6.07 Å². The standard InChI is InChI=1S/C8H14N2O3S/c1-6(5-9)10-14(11,12)8-4-3-7(2)13-8/h3-4,6,10H,5,9H2,1-2H3/t6-/m1/s1. The quantitative estimate of drug-likeness (QED) is 0.756. The number of sulfonamides is 1. The summed E-state index contributed by atoms with van der Waals surface area (Å²) in [6, 6.07) is 2.72. The van der Waals surface area contributed by atoms with Gasteiger partial charge in [0.25, 0.3) is 10.0 Å². The number of nitrogens with one attached hydrogen (secondary N) is 1. The zero-order valence-corrected chi connectivity index (χ0v) is 8.97. The molecule has 5 nitrogen and oxygen atoms in total. The Kier molecular flexibility index (Phi) is 3.30. The number of furan rings is 1. The lowest BCUT2D eigenvalue weighted by Crippen LogP contribution is -2.37. The molecule has 0 saturated carbocycles. The van der Waals surface area contributed by atoms with E-state index in [1.807, 2.05) is 0 Å². The minimum atomic E-state index is -3.55. The van der Waals surface area contributed by atoms with E-state index >= 15 is 0 Å². The molecule has 80 valence electrons. The molecule has 0 fully saturated rings. The zero-order chi connectivity index (χ0) is 10.8. The van der Waals surface area contributed by atoms with E-state index in [2.05, 4.69) is 4.72 Å². The Bertz CT molecular complexity index is 396. The van der Waals surface area contributed by atoms with Gasteiger partial charge in [-0.3, -0.25) is 0 Å². The average molecular weight is 218 g/mol. The molecule has 1 atom stereocenters. The van der Waals surface area contributed by atoms with Crippen LogP contribution in [0.2, 0.25) is 0 Å². The van der Waals surface area contributed by atoms with Gasteiger partial charge in [0.05, 0.1) is 0 Å². The Morgan fingerprint density at radius 2 is 2.21 bits per heavy atom. The van der Waals surface area contributed by atoms with Crippen LogP contribution in [0, 0.1) is 6.92 Å². The summed E-state index contributed by atoms with van der Waals surface area (Å²) in [6.07, 6.45) is 0. The van der Waals surface area contributed by atoms with E-state index in [0.29, 0.717) is 5.76 Å². The Balaban J connectivity index is 2.86. The molecule has 0 aromatic carbocycles. The molecule has 1 rings (SSSR count).